The highest BCUT2D eigenvalue weighted by atomic mass is 16.5. The number of hydrogen-bond acceptors (Lipinski definition) is 6. The number of nitrogens with one attached hydrogen (secondary N) is 2. The summed E-state index contributed by atoms with van der Waals surface area (Å²) in [5.41, 5.74) is 0.931. The first kappa shape index (κ1) is 18.6. The molecule has 3 aromatic rings. The Bertz CT molecular complexity index is 1150. The van der Waals surface area contributed by atoms with Gasteiger partial charge in [-0.25, -0.2) is 14.8 Å². The SMILES string of the molecule is COc1cccc(-n2c(O)c(/C=N\NC(=O)c3ccccc3)c(=O)[nH]c2=O)c1. The van der Waals surface area contributed by atoms with Crippen LogP contribution in [-0.4, -0.2) is 33.9 Å². The predicted molar refractivity (Wildman–Crippen MR) is 102 cm³/mol. The highest BCUT2D eigenvalue weighted by Gasteiger charge is 2.15. The molecule has 3 rings (SSSR count). The molecule has 0 spiro atoms. The topological polar surface area (TPSA) is 126 Å². The van der Waals surface area contributed by atoms with Gasteiger partial charge in [0.1, 0.15) is 11.3 Å². The van der Waals surface area contributed by atoms with Crippen LogP contribution in [0.3, 0.4) is 0 Å². The van der Waals surface area contributed by atoms with Crippen LogP contribution in [0.25, 0.3) is 5.69 Å². The maximum Gasteiger partial charge on any atom is 0.335 e. The summed E-state index contributed by atoms with van der Waals surface area (Å²) in [6.07, 6.45) is 0.963. The molecule has 0 aliphatic rings. The fourth-order valence-electron chi connectivity index (χ4n) is 2.45. The molecule has 0 bridgehead atoms. The number of carbonyl (C=O) groups is 1. The van der Waals surface area contributed by atoms with E-state index in [1.165, 1.54) is 13.2 Å². The largest absolute Gasteiger partial charge is 0.497 e. The van der Waals surface area contributed by atoms with Gasteiger partial charge in [0.15, 0.2) is 0 Å². The van der Waals surface area contributed by atoms with Gasteiger partial charge < -0.3 is 9.84 Å². The van der Waals surface area contributed by atoms with Crippen LogP contribution in [0.2, 0.25) is 0 Å². The van der Waals surface area contributed by atoms with Gasteiger partial charge in [0.05, 0.1) is 19.0 Å². The number of methoxy groups -OCH3 is 1. The smallest absolute Gasteiger partial charge is 0.335 e. The summed E-state index contributed by atoms with van der Waals surface area (Å²) in [7, 11) is 1.46. The normalized spacial score (nSPS) is 10.8. The Kier molecular flexibility index (Phi) is 5.35. The molecule has 9 nitrogen and oxygen atoms in total. The van der Waals surface area contributed by atoms with Crippen molar-refractivity contribution >= 4 is 12.1 Å². The number of rotatable bonds is 5. The van der Waals surface area contributed by atoms with Gasteiger partial charge >= 0.3 is 5.69 Å². The number of hydrogen-bond donors (Lipinski definition) is 3. The minimum atomic E-state index is -0.848. The van der Waals surface area contributed by atoms with Crippen LogP contribution in [0.15, 0.2) is 69.3 Å². The van der Waals surface area contributed by atoms with Gasteiger partial charge in [0, 0.05) is 11.6 Å². The zero-order chi connectivity index (χ0) is 20.1. The lowest BCUT2D eigenvalue weighted by Gasteiger charge is -2.10. The van der Waals surface area contributed by atoms with E-state index in [1.807, 2.05) is 0 Å². The molecule has 142 valence electrons. The number of carbonyl (C=O) groups excluding carboxylic acids is 1. The standard InChI is InChI=1S/C19H16N4O5/c1-28-14-9-5-8-13(10-14)23-18(26)15(17(25)21-19(23)27)11-20-22-16(24)12-6-3-2-4-7-12/h2-11,26H,1H3,(H,22,24)(H,21,25,27)/b20-11-. The van der Waals surface area contributed by atoms with Gasteiger partial charge in [-0.15, -0.1) is 0 Å². The molecule has 0 aliphatic heterocycles. The molecule has 0 aliphatic carbocycles. The van der Waals surface area contributed by atoms with Crippen LogP contribution in [0.5, 0.6) is 11.6 Å². The van der Waals surface area contributed by atoms with E-state index >= 15 is 0 Å². The van der Waals surface area contributed by atoms with Gasteiger partial charge in [0.2, 0.25) is 5.88 Å². The third-order valence-electron chi connectivity index (χ3n) is 3.83. The van der Waals surface area contributed by atoms with E-state index in [2.05, 4.69) is 15.5 Å². The fourth-order valence-corrected chi connectivity index (χ4v) is 2.45. The molecule has 3 N–H and O–H groups in total. The minimum Gasteiger partial charge on any atom is -0.497 e. The zero-order valence-electron chi connectivity index (χ0n) is 14.7. The summed E-state index contributed by atoms with van der Waals surface area (Å²) in [5.74, 6) is -0.658. The van der Waals surface area contributed by atoms with Gasteiger partial charge in [-0.3, -0.25) is 14.6 Å². The Morgan fingerprint density at radius 1 is 1.18 bits per heavy atom. The average molecular weight is 380 g/mol. The zero-order valence-corrected chi connectivity index (χ0v) is 14.7. The van der Waals surface area contributed by atoms with Crippen molar-refractivity contribution in [2.24, 2.45) is 5.10 Å². The lowest BCUT2D eigenvalue weighted by molar-refractivity contribution is 0.0955. The number of hydrazone groups is 1. The Labute approximate surface area is 158 Å². The Hall–Kier alpha value is -4.14. The number of aromatic amines is 1. The third-order valence-corrected chi connectivity index (χ3v) is 3.83. The molecule has 0 fully saturated rings. The molecular formula is C19H16N4O5. The number of nitrogens with zero attached hydrogens (tertiary/aromatic N) is 2. The molecule has 2 aromatic carbocycles. The van der Waals surface area contributed by atoms with Crippen LogP contribution in [0, 0.1) is 0 Å². The number of ether oxygens (including phenoxy) is 1. The highest BCUT2D eigenvalue weighted by Crippen LogP contribution is 2.19. The maximum atomic E-state index is 12.2. The van der Waals surface area contributed by atoms with Gasteiger partial charge in [-0.1, -0.05) is 24.3 Å². The number of amides is 1. The van der Waals surface area contributed by atoms with Crippen molar-refractivity contribution in [3.05, 3.63) is 86.6 Å². The average Bonchev–Trinajstić information content (AvgIpc) is 2.71. The Balaban J connectivity index is 1.95. The molecule has 0 saturated heterocycles. The van der Waals surface area contributed by atoms with Gasteiger partial charge in [-0.05, 0) is 24.3 Å². The monoisotopic (exact) mass is 380 g/mol. The van der Waals surface area contributed by atoms with E-state index in [0.29, 0.717) is 11.3 Å². The Morgan fingerprint density at radius 3 is 2.64 bits per heavy atom. The molecule has 0 unspecified atom stereocenters. The van der Waals surface area contributed by atoms with Crippen LogP contribution in [-0.2, 0) is 0 Å². The van der Waals surface area contributed by atoms with Crippen molar-refractivity contribution in [3.8, 4) is 17.3 Å². The number of aromatic hydroxyl groups is 1. The molecule has 0 radical (unpaired) electrons. The van der Waals surface area contributed by atoms with E-state index in [4.69, 9.17) is 4.74 Å². The first-order valence-corrected chi connectivity index (χ1v) is 8.12. The van der Waals surface area contributed by atoms with Gasteiger partial charge in [0.25, 0.3) is 11.5 Å². The van der Waals surface area contributed by atoms with Crippen molar-refractivity contribution in [2.75, 3.05) is 7.11 Å². The lowest BCUT2D eigenvalue weighted by Crippen LogP contribution is -2.31. The van der Waals surface area contributed by atoms with Crippen LogP contribution in [0.1, 0.15) is 15.9 Å². The molecule has 1 aromatic heterocycles. The summed E-state index contributed by atoms with van der Waals surface area (Å²) in [6.45, 7) is 0. The van der Waals surface area contributed by atoms with Crippen molar-refractivity contribution in [3.63, 3.8) is 0 Å². The van der Waals surface area contributed by atoms with Crippen molar-refractivity contribution < 1.29 is 14.6 Å². The fraction of sp³-hybridized carbons (Fsp3) is 0.0526. The predicted octanol–water partition coefficient (Wildman–Crippen LogP) is 1.00. The van der Waals surface area contributed by atoms with Crippen LogP contribution in [0.4, 0.5) is 0 Å². The minimum absolute atomic E-state index is 0.279. The summed E-state index contributed by atoms with van der Waals surface area (Å²) in [6, 6.07) is 14.7. The third kappa shape index (κ3) is 3.83. The molecule has 9 heteroatoms. The molecule has 1 heterocycles. The first-order chi connectivity index (χ1) is 13.5. The van der Waals surface area contributed by atoms with E-state index in [1.54, 1.807) is 48.5 Å². The van der Waals surface area contributed by atoms with Crippen molar-refractivity contribution in [1.82, 2.24) is 15.0 Å². The first-order valence-electron chi connectivity index (χ1n) is 8.12. The second-order valence-electron chi connectivity index (χ2n) is 5.60. The maximum absolute atomic E-state index is 12.2. The molecule has 28 heavy (non-hydrogen) atoms. The van der Waals surface area contributed by atoms with Crippen molar-refractivity contribution in [1.29, 1.82) is 0 Å². The lowest BCUT2D eigenvalue weighted by atomic mass is 10.2. The summed E-state index contributed by atoms with van der Waals surface area (Å²) in [4.78, 5) is 38.3. The van der Waals surface area contributed by atoms with Crippen molar-refractivity contribution in [2.45, 2.75) is 0 Å². The van der Waals surface area contributed by atoms with Crippen LogP contribution >= 0.6 is 0 Å². The number of aromatic nitrogens is 2. The molecule has 1 amide bonds. The summed E-state index contributed by atoms with van der Waals surface area (Å²) >= 11 is 0. The Morgan fingerprint density at radius 2 is 1.93 bits per heavy atom. The summed E-state index contributed by atoms with van der Waals surface area (Å²) in [5, 5.41) is 14.1. The van der Waals surface area contributed by atoms with E-state index in [-0.39, 0.29) is 11.3 Å². The number of H-pyrrole nitrogens is 1. The van der Waals surface area contributed by atoms with E-state index in [0.717, 1.165) is 10.8 Å². The second-order valence-corrected chi connectivity index (χ2v) is 5.60. The highest BCUT2D eigenvalue weighted by molar-refractivity contribution is 5.94. The van der Waals surface area contributed by atoms with Crippen LogP contribution < -0.4 is 21.4 Å². The molecule has 0 saturated carbocycles. The molecule has 0 atom stereocenters. The summed E-state index contributed by atoms with van der Waals surface area (Å²) < 4.78 is 5.99. The number of benzene rings is 2. The van der Waals surface area contributed by atoms with Gasteiger partial charge in [-0.2, -0.15) is 5.10 Å². The second kappa shape index (κ2) is 8.04. The van der Waals surface area contributed by atoms with E-state index < -0.39 is 23.0 Å². The van der Waals surface area contributed by atoms with E-state index in [9.17, 15) is 19.5 Å². The molecular weight excluding hydrogens is 364 g/mol. The quantitative estimate of drug-likeness (QED) is 0.450.